The van der Waals surface area contributed by atoms with Crippen LogP contribution in [-0.4, -0.2) is 40.7 Å². The Labute approximate surface area is 225 Å². The molecule has 1 aliphatic heterocycles. The van der Waals surface area contributed by atoms with Crippen LogP contribution in [0.5, 0.6) is 11.5 Å². The van der Waals surface area contributed by atoms with Crippen molar-refractivity contribution in [2.75, 3.05) is 13.7 Å². The van der Waals surface area contributed by atoms with Crippen molar-refractivity contribution in [3.63, 3.8) is 0 Å². The van der Waals surface area contributed by atoms with Gasteiger partial charge in [-0.15, -0.1) is 0 Å². The van der Waals surface area contributed by atoms with Crippen molar-refractivity contribution in [3.05, 3.63) is 92.5 Å². The van der Waals surface area contributed by atoms with Crippen LogP contribution < -0.4 is 9.47 Å². The summed E-state index contributed by atoms with van der Waals surface area (Å²) >= 11 is 4.69. The van der Waals surface area contributed by atoms with Crippen molar-refractivity contribution in [3.8, 4) is 11.5 Å². The van der Waals surface area contributed by atoms with Crippen molar-refractivity contribution < 1.29 is 28.6 Å². The molecule has 1 saturated heterocycles. The number of carboxylic acids is 1. The zero-order chi connectivity index (χ0) is 26.5. The van der Waals surface area contributed by atoms with Crippen LogP contribution in [0.3, 0.4) is 0 Å². The van der Waals surface area contributed by atoms with Crippen LogP contribution in [0, 0.1) is 5.82 Å². The molecule has 0 aromatic heterocycles. The van der Waals surface area contributed by atoms with Crippen molar-refractivity contribution in [2.24, 2.45) is 4.99 Å². The van der Waals surface area contributed by atoms with Crippen molar-refractivity contribution in [1.82, 2.24) is 4.90 Å². The highest BCUT2D eigenvalue weighted by atomic mass is 79.9. The van der Waals surface area contributed by atoms with Crippen molar-refractivity contribution in [1.29, 1.82) is 0 Å². The molecule has 1 aliphatic rings. The molecule has 190 valence electrons. The van der Waals surface area contributed by atoms with E-state index in [-0.39, 0.29) is 23.9 Å². The van der Waals surface area contributed by atoms with E-state index in [2.05, 4.69) is 20.9 Å². The molecule has 10 heteroatoms. The molecule has 0 saturated carbocycles. The highest BCUT2D eigenvalue weighted by Crippen LogP contribution is 2.40. The minimum Gasteiger partial charge on any atom is -0.490 e. The molecule has 37 heavy (non-hydrogen) atoms. The smallest absolute Gasteiger partial charge is 0.335 e. The summed E-state index contributed by atoms with van der Waals surface area (Å²) < 4.78 is 26.3. The maximum atomic E-state index is 14.0. The van der Waals surface area contributed by atoms with Gasteiger partial charge in [0, 0.05) is 12.6 Å². The zero-order valence-corrected chi connectivity index (χ0v) is 22.3. The van der Waals surface area contributed by atoms with Crippen LogP contribution in [-0.2, 0) is 11.4 Å². The number of carbonyl (C=O) groups excluding carboxylic acids is 1. The Balaban J connectivity index is 1.60. The summed E-state index contributed by atoms with van der Waals surface area (Å²) in [6.07, 6.45) is 1.72. The molecule has 1 heterocycles. The number of carboxylic acid groups (broad SMARTS) is 1. The number of aliphatic imine (C=N–C) groups is 1. The monoisotopic (exact) mass is 584 g/mol. The Hall–Kier alpha value is -3.63. The number of likely N-dealkylation sites (N-methyl/N-ethyl adjacent to an activating group) is 1. The fraction of sp³-hybridized carbons (Fsp3) is 0.148. The van der Waals surface area contributed by atoms with Gasteiger partial charge in [-0.2, -0.15) is 0 Å². The van der Waals surface area contributed by atoms with Crippen LogP contribution in [0.1, 0.15) is 28.4 Å². The molecule has 0 radical (unpaired) electrons. The summed E-state index contributed by atoms with van der Waals surface area (Å²) in [6.45, 7) is 2.24. The Morgan fingerprint density at radius 3 is 2.68 bits per heavy atom. The largest absolute Gasteiger partial charge is 0.490 e. The molecule has 0 atom stereocenters. The average molecular weight is 585 g/mol. The molecule has 3 aromatic carbocycles. The Morgan fingerprint density at radius 2 is 1.95 bits per heavy atom. The number of ether oxygens (including phenoxy) is 2. The Bertz CT molecular complexity index is 1430. The molecule has 0 bridgehead atoms. The van der Waals surface area contributed by atoms with Crippen molar-refractivity contribution >= 4 is 56.5 Å². The fourth-order valence-electron chi connectivity index (χ4n) is 3.46. The molecular formula is C27H22BrFN2O5S. The molecule has 7 nitrogen and oxygen atoms in total. The van der Waals surface area contributed by atoms with Gasteiger partial charge >= 0.3 is 5.97 Å². The predicted octanol–water partition coefficient (Wildman–Crippen LogP) is 6.50. The van der Waals surface area contributed by atoms with Crippen LogP contribution in [0.15, 0.2) is 75.0 Å². The Kier molecular flexibility index (Phi) is 8.30. The third kappa shape index (κ3) is 6.20. The fourth-order valence-corrected chi connectivity index (χ4v) is 5.02. The number of thioether (sulfide) groups is 1. The highest BCUT2D eigenvalue weighted by Gasteiger charge is 2.30. The van der Waals surface area contributed by atoms with Gasteiger partial charge in [-0.25, -0.2) is 14.2 Å². The minimum atomic E-state index is -1.05. The average Bonchev–Trinajstić information content (AvgIpc) is 3.12. The van der Waals surface area contributed by atoms with Gasteiger partial charge in [-0.3, -0.25) is 9.69 Å². The first-order valence-corrected chi connectivity index (χ1v) is 12.8. The van der Waals surface area contributed by atoms with Crippen molar-refractivity contribution in [2.45, 2.75) is 13.5 Å². The number of rotatable bonds is 8. The molecule has 3 aromatic rings. The highest BCUT2D eigenvalue weighted by molar-refractivity contribution is 9.10. The van der Waals surface area contributed by atoms with Gasteiger partial charge in [0.2, 0.25) is 0 Å². The van der Waals surface area contributed by atoms with Crippen LogP contribution in [0.4, 0.5) is 10.1 Å². The normalized spacial score (nSPS) is 15.5. The first-order valence-electron chi connectivity index (χ1n) is 11.2. The van der Waals surface area contributed by atoms with E-state index in [9.17, 15) is 19.1 Å². The molecule has 0 aliphatic carbocycles. The summed E-state index contributed by atoms with van der Waals surface area (Å²) in [5.41, 5.74) is 1.65. The Morgan fingerprint density at radius 1 is 1.16 bits per heavy atom. The van der Waals surface area contributed by atoms with Crippen LogP contribution >= 0.6 is 27.7 Å². The molecule has 4 rings (SSSR count). The lowest BCUT2D eigenvalue weighted by Gasteiger charge is -2.15. The molecule has 1 fully saturated rings. The van der Waals surface area contributed by atoms with Gasteiger partial charge in [-0.1, -0.05) is 24.3 Å². The first kappa shape index (κ1) is 26.4. The van der Waals surface area contributed by atoms with E-state index in [0.717, 1.165) is 0 Å². The lowest BCUT2D eigenvalue weighted by molar-refractivity contribution is -0.121. The quantitative estimate of drug-likeness (QED) is 0.304. The van der Waals surface area contributed by atoms with E-state index in [1.807, 2.05) is 6.92 Å². The second kappa shape index (κ2) is 11.6. The van der Waals surface area contributed by atoms with Gasteiger partial charge in [0.25, 0.3) is 5.91 Å². The molecule has 1 N–H and O–H groups in total. The number of carbonyl (C=O) groups is 2. The molecule has 1 amide bonds. The van der Waals surface area contributed by atoms with Gasteiger partial charge in [-0.05, 0) is 82.7 Å². The minimum absolute atomic E-state index is 0.0216. The summed E-state index contributed by atoms with van der Waals surface area (Å²) in [7, 11) is 1.61. The predicted molar refractivity (Wildman–Crippen MR) is 145 cm³/mol. The van der Waals surface area contributed by atoms with Crippen LogP contribution in [0.2, 0.25) is 0 Å². The van der Waals surface area contributed by atoms with E-state index in [0.29, 0.717) is 49.5 Å². The third-order valence-electron chi connectivity index (χ3n) is 5.28. The van der Waals surface area contributed by atoms with E-state index in [1.165, 1.54) is 34.9 Å². The standard InChI is InChI=1S/C27H22BrFN2O5S/c1-3-35-22-12-16(11-20(28)24(22)36-15-18-7-4-5-10-21(18)29)13-23-25(32)31(2)27(37-23)30-19-9-6-8-17(14-19)26(33)34/h4-14H,3,15H2,1-2H3,(H,33,34)/b23-13-,30-27?. The van der Waals surface area contributed by atoms with Crippen LogP contribution in [0.25, 0.3) is 6.08 Å². The van der Waals surface area contributed by atoms with Gasteiger partial charge in [0.1, 0.15) is 12.4 Å². The second-order valence-corrected chi connectivity index (χ2v) is 9.73. The van der Waals surface area contributed by atoms with E-state index in [1.54, 1.807) is 55.6 Å². The molecule has 0 unspecified atom stereocenters. The summed E-state index contributed by atoms with van der Waals surface area (Å²) in [5.74, 6) is -0.778. The number of hydrogen-bond donors (Lipinski definition) is 1. The summed E-state index contributed by atoms with van der Waals surface area (Å²) in [6, 6.07) is 16.1. The summed E-state index contributed by atoms with van der Waals surface area (Å²) in [4.78, 5) is 30.5. The van der Waals surface area contributed by atoms with E-state index < -0.39 is 5.97 Å². The number of amides is 1. The number of benzene rings is 3. The number of hydrogen-bond acceptors (Lipinski definition) is 6. The van der Waals surface area contributed by atoms with Gasteiger partial charge in [0.05, 0.1) is 27.2 Å². The lowest BCUT2D eigenvalue weighted by Crippen LogP contribution is -2.23. The number of amidine groups is 1. The SMILES string of the molecule is CCOc1cc(/C=C2\SC(=Nc3cccc(C(=O)O)c3)N(C)C2=O)cc(Br)c1OCc1ccccc1F. The molecule has 0 spiro atoms. The number of halogens is 2. The zero-order valence-electron chi connectivity index (χ0n) is 19.9. The topological polar surface area (TPSA) is 88.4 Å². The van der Waals surface area contributed by atoms with Gasteiger partial charge < -0.3 is 14.6 Å². The molecular weight excluding hydrogens is 563 g/mol. The van der Waals surface area contributed by atoms with E-state index >= 15 is 0 Å². The first-order chi connectivity index (χ1) is 17.8. The third-order valence-corrected chi connectivity index (χ3v) is 6.93. The number of aromatic carboxylic acids is 1. The second-order valence-electron chi connectivity index (χ2n) is 7.87. The number of nitrogens with zero attached hydrogens (tertiary/aromatic N) is 2. The summed E-state index contributed by atoms with van der Waals surface area (Å²) in [5, 5.41) is 9.63. The maximum absolute atomic E-state index is 14.0. The van der Waals surface area contributed by atoms with E-state index in [4.69, 9.17) is 9.47 Å². The van der Waals surface area contributed by atoms with Gasteiger partial charge in [0.15, 0.2) is 16.7 Å². The maximum Gasteiger partial charge on any atom is 0.335 e. The lowest BCUT2D eigenvalue weighted by atomic mass is 10.1.